The summed E-state index contributed by atoms with van der Waals surface area (Å²) in [6.45, 7) is 10.2. The van der Waals surface area contributed by atoms with E-state index < -0.39 is 17.4 Å². The van der Waals surface area contributed by atoms with Crippen molar-refractivity contribution in [2.45, 2.75) is 46.1 Å². The molecule has 2 heterocycles. The number of nitrogens with zero attached hydrogens (tertiary/aromatic N) is 4. The van der Waals surface area contributed by atoms with Crippen molar-refractivity contribution in [3.8, 4) is 0 Å². The fraction of sp³-hybridized carbons (Fsp3) is 0.800. The van der Waals surface area contributed by atoms with E-state index in [1.807, 2.05) is 27.7 Å². The third-order valence-corrected chi connectivity index (χ3v) is 5.21. The van der Waals surface area contributed by atoms with Crippen molar-refractivity contribution in [3.63, 3.8) is 0 Å². The van der Waals surface area contributed by atoms with Crippen molar-refractivity contribution in [2.24, 2.45) is 5.92 Å². The molecule has 0 radical (unpaired) electrons. The van der Waals surface area contributed by atoms with Gasteiger partial charge in [-0.15, -0.1) is 0 Å². The molecular weight excluding hydrogens is 376 g/mol. The van der Waals surface area contributed by atoms with Gasteiger partial charge in [-0.1, -0.05) is 0 Å². The van der Waals surface area contributed by atoms with Crippen LogP contribution < -0.4 is 0 Å². The summed E-state index contributed by atoms with van der Waals surface area (Å²) in [7, 11) is 1.70. The molecule has 0 bridgehead atoms. The zero-order valence-electron chi connectivity index (χ0n) is 18.3. The Balaban J connectivity index is 1.87. The SMILES string of the molecule is CCN1CCN(CC(=O)N2CCCC(CN(C)C(=O)OC(C)(C)C)C2)C(=O)C1=O. The van der Waals surface area contributed by atoms with E-state index in [9.17, 15) is 19.2 Å². The van der Waals surface area contributed by atoms with Gasteiger partial charge >= 0.3 is 17.9 Å². The van der Waals surface area contributed by atoms with Crippen LogP contribution in [-0.4, -0.2) is 102 Å². The highest BCUT2D eigenvalue weighted by Gasteiger charge is 2.34. The number of hydrogen-bond acceptors (Lipinski definition) is 5. The lowest BCUT2D eigenvalue weighted by Gasteiger charge is -2.37. The number of carbonyl (C=O) groups is 4. The van der Waals surface area contributed by atoms with Crippen LogP contribution in [0.4, 0.5) is 4.79 Å². The third-order valence-electron chi connectivity index (χ3n) is 5.21. The van der Waals surface area contributed by atoms with Crippen molar-refractivity contribution in [1.29, 1.82) is 0 Å². The molecule has 0 aromatic heterocycles. The van der Waals surface area contributed by atoms with Gasteiger partial charge in [0.2, 0.25) is 5.91 Å². The standard InChI is InChI=1S/C20H34N4O5/c1-6-22-10-11-24(18(27)17(22)26)14-16(25)23-9-7-8-15(13-23)12-21(5)19(28)29-20(2,3)4/h15H,6-14H2,1-5H3. The summed E-state index contributed by atoms with van der Waals surface area (Å²) in [5, 5.41) is 0. The normalized spacial score (nSPS) is 20.7. The molecule has 2 aliphatic rings. The Labute approximate surface area is 172 Å². The molecule has 164 valence electrons. The number of ether oxygens (including phenoxy) is 1. The second-order valence-electron chi connectivity index (χ2n) is 8.82. The summed E-state index contributed by atoms with van der Waals surface area (Å²) in [5.41, 5.74) is -0.550. The molecule has 2 aliphatic heterocycles. The lowest BCUT2D eigenvalue weighted by Crippen LogP contribution is -2.57. The predicted molar refractivity (Wildman–Crippen MR) is 107 cm³/mol. The lowest BCUT2D eigenvalue weighted by atomic mass is 9.97. The summed E-state index contributed by atoms with van der Waals surface area (Å²) < 4.78 is 5.38. The van der Waals surface area contributed by atoms with Crippen LogP contribution in [0.25, 0.3) is 0 Å². The maximum Gasteiger partial charge on any atom is 0.410 e. The van der Waals surface area contributed by atoms with Crippen molar-refractivity contribution in [3.05, 3.63) is 0 Å². The fourth-order valence-corrected chi connectivity index (χ4v) is 3.67. The van der Waals surface area contributed by atoms with Crippen LogP contribution in [0.15, 0.2) is 0 Å². The average molecular weight is 411 g/mol. The second kappa shape index (κ2) is 9.45. The minimum absolute atomic E-state index is 0.0727. The van der Waals surface area contributed by atoms with E-state index in [1.54, 1.807) is 16.8 Å². The van der Waals surface area contributed by atoms with Crippen LogP contribution in [0.2, 0.25) is 0 Å². The summed E-state index contributed by atoms with van der Waals surface area (Å²) in [6.07, 6.45) is 1.39. The van der Waals surface area contributed by atoms with Crippen LogP contribution >= 0.6 is 0 Å². The molecule has 4 amide bonds. The quantitative estimate of drug-likeness (QED) is 0.625. The monoisotopic (exact) mass is 410 g/mol. The molecule has 1 unspecified atom stereocenters. The summed E-state index contributed by atoms with van der Waals surface area (Å²) in [6, 6.07) is 0. The molecular formula is C20H34N4O5. The Morgan fingerprint density at radius 2 is 1.72 bits per heavy atom. The highest BCUT2D eigenvalue weighted by Crippen LogP contribution is 2.19. The summed E-state index contributed by atoms with van der Waals surface area (Å²) in [4.78, 5) is 55.3. The average Bonchev–Trinajstić information content (AvgIpc) is 2.64. The summed E-state index contributed by atoms with van der Waals surface area (Å²) in [5.74, 6) is -1.15. The van der Waals surface area contributed by atoms with E-state index in [0.717, 1.165) is 12.8 Å². The first-order valence-electron chi connectivity index (χ1n) is 10.3. The maximum absolute atomic E-state index is 12.7. The summed E-state index contributed by atoms with van der Waals surface area (Å²) >= 11 is 0. The van der Waals surface area contributed by atoms with Gasteiger partial charge < -0.3 is 24.3 Å². The molecule has 2 rings (SSSR count). The first-order chi connectivity index (χ1) is 13.5. The second-order valence-corrected chi connectivity index (χ2v) is 8.82. The van der Waals surface area contributed by atoms with E-state index in [2.05, 4.69) is 0 Å². The molecule has 1 atom stereocenters. The zero-order valence-corrected chi connectivity index (χ0v) is 18.3. The van der Waals surface area contributed by atoms with Gasteiger partial charge in [-0.25, -0.2) is 4.79 Å². The molecule has 0 saturated carbocycles. The Bertz CT molecular complexity index is 645. The van der Waals surface area contributed by atoms with Gasteiger partial charge in [0.15, 0.2) is 0 Å². The topological polar surface area (TPSA) is 90.5 Å². The molecule has 0 aromatic carbocycles. The van der Waals surface area contributed by atoms with Gasteiger partial charge in [-0.05, 0) is 46.5 Å². The maximum atomic E-state index is 12.7. The van der Waals surface area contributed by atoms with Gasteiger partial charge in [-0.2, -0.15) is 0 Å². The van der Waals surface area contributed by atoms with Gasteiger partial charge in [0, 0.05) is 46.3 Å². The van der Waals surface area contributed by atoms with E-state index in [4.69, 9.17) is 4.74 Å². The Morgan fingerprint density at radius 3 is 2.34 bits per heavy atom. The minimum Gasteiger partial charge on any atom is -0.444 e. The van der Waals surface area contributed by atoms with Crippen LogP contribution in [0.5, 0.6) is 0 Å². The first-order valence-corrected chi connectivity index (χ1v) is 10.3. The molecule has 29 heavy (non-hydrogen) atoms. The van der Waals surface area contributed by atoms with E-state index in [0.29, 0.717) is 39.3 Å². The van der Waals surface area contributed by atoms with Crippen molar-refractivity contribution in [2.75, 3.05) is 52.9 Å². The van der Waals surface area contributed by atoms with E-state index >= 15 is 0 Å². The number of rotatable bonds is 5. The van der Waals surface area contributed by atoms with Crippen LogP contribution in [-0.2, 0) is 19.1 Å². The number of likely N-dealkylation sites (tertiary alicyclic amines) is 1. The van der Waals surface area contributed by atoms with E-state index in [1.165, 1.54) is 9.80 Å². The number of piperazine rings is 1. The largest absolute Gasteiger partial charge is 0.444 e. The Morgan fingerprint density at radius 1 is 1.10 bits per heavy atom. The van der Waals surface area contributed by atoms with Crippen molar-refractivity contribution >= 4 is 23.8 Å². The van der Waals surface area contributed by atoms with Gasteiger partial charge in [0.05, 0.1) is 0 Å². The number of piperidine rings is 1. The smallest absolute Gasteiger partial charge is 0.410 e. The number of hydrogen-bond donors (Lipinski definition) is 0. The first kappa shape index (κ1) is 23.0. The molecule has 9 heteroatoms. The predicted octanol–water partition coefficient (Wildman–Crippen LogP) is 0.783. The minimum atomic E-state index is -0.607. The number of likely N-dealkylation sites (N-methyl/N-ethyl adjacent to an activating group) is 1. The van der Waals surface area contributed by atoms with Crippen LogP contribution in [0, 0.1) is 5.92 Å². The van der Waals surface area contributed by atoms with Gasteiger partial charge in [-0.3, -0.25) is 14.4 Å². The zero-order chi connectivity index (χ0) is 21.8. The van der Waals surface area contributed by atoms with Crippen molar-refractivity contribution in [1.82, 2.24) is 19.6 Å². The van der Waals surface area contributed by atoms with Crippen molar-refractivity contribution < 1.29 is 23.9 Å². The molecule has 0 spiro atoms. The lowest BCUT2D eigenvalue weighted by molar-refractivity contribution is -0.157. The highest BCUT2D eigenvalue weighted by atomic mass is 16.6. The number of carbonyl (C=O) groups excluding carboxylic acids is 4. The molecule has 9 nitrogen and oxygen atoms in total. The highest BCUT2D eigenvalue weighted by molar-refractivity contribution is 6.35. The Hall–Kier alpha value is -2.32. The molecule has 0 aromatic rings. The third kappa shape index (κ3) is 6.33. The van der Waals surface area contributed by atoms with Crippen LogP contribution in [0.3, 0.4) is 0 Å². The molecule has 0 N–H and O–H groups in total. The fourth-order valence-electron chi connectivity index (χ4n) is 3.67. The number of amides is 4. The Kier molecular flexibility index (Phi) is 7.48. The molecule has 0 aliphatic carbocycles. The van der Waals surface area contributed by atoms with Gasteiger partial charge in [0.1, 0.15) is 12.1 Å². The molecule has 2 fully saturated rings. The van der Waals surface area contributed by atoms with Crippen LogP contribution in [0.1, 0.15) is 40.5 Å². The van der Waals surface area contributed by atoms with Gasteiger partial charge in [0.25, 0.3) is 0 Å². The molecule has 2 saturated heterocycles. The van der Waals surface area contributed by atoms with E-state index in [-0.39, 0.29) is 24.5 Å².